The van der Waals surface area contributed by atoms with Crippen molar-refractivity contribution in [1.82, 2.24) is 5.32 Å². The number of halogens is 3. The summed E-state index contributed by atoms with van der Waals surface area (Å²) in [5, 5.41) is 5.39. The van der Waals surface area contributed by atoms with Gasteiger partial charge in [-0.15, -0.1) is 0 Å². The van der Waals surface area contributed by atoms with Crippen LogP contribution in [0.2, 0.25) is 15.1 Å². The van der Waals surface area contributed by atoms with Crippen molar-refractivity contribution in [3.8, 4) is 0 Å². The molecule has 0 amide bonds. The maximum absolute atomic E-state index is 6.77. The van der Waals surface area contributed by atoms with Crippen LogP contribution in [0.15, 0.2) is 72.8 Å². The topological polar surface area (TPSA) is 30.5 Å². The molecule has 0 saturated carbocycles. The second-order valence-electron chi connectivity index (χ2n) is 7.54. The summed E-state index contributed by atoms with van der Waals surface area (Å²) in [7, 11) is 0. The number of hydrogen-bond acceptors (Lipinski definition) is 3. The Kier molecular flexibility index (Phi) is 7.55. The molecular formula is C25H24Cl3NO2. The van der Waals surface area contributed by atoms with Gasteiger partial charge < -0.3 is 14.8 Å². The van der Waals surface area contributed by atoms with E-state index in [1.54, 1.807) is 0 Å². The molecule has 3 nitrogen and oxygen atoms in total. The molecule has 0 radical (unpaired) electrons. The van der Waals surface area contributed by atoms with Crippen LogP contribution in [-0.2, 0) is 15.1 Å². The summed E-state index contributed by atoms with van der Waals surface area (Å²) in [5.41, 5.74) is 2.08. The molecule has 0 bridgehead atoms. The molecular weight excluding hydrogens is 453 g/mol. The van der Waals surface area contributed by atoms with Crippen LogP contribution in [0, 0.1) is 0 Å². The van der Waals surface area contributed by atoms with Crippen molar-refractivity contribution in [3.05, 3.63) is 105 Å². The highest BCUT2D eigenvalue weighted by atomic mass is 35.5. The number of ether oxygens (including phenoxy) is 2. The molecule has 0 aliphatic carbocycles. The van der Waals surface area contributed by atoms with Crippen molar-refractivity contribution in [3.63, 3.8) is 0 Å². The average molecular weight is 477 g/mol. The minimum Gasteiger partial charge on any atom is -0.375 e. The monoisotopic (exact) mass is 475 g/mol. The minimum atomic E-state index is -0.845. The van der Waals surface area contributed by atoms with Crippen molar-refractivity contribution in [1.29, 1.82) is 0 Å². The van der Waals surface area contributed by atoms with Crippen LogP contribution < -0.4 is 5.32 Å². The molecule has 31 heavy (non-hydrogen) atoms. The smallest absolute Gasteiger partial charge is 0.143 e. The standard InChI is InChI=1S/C25H24Cl3NO2/c26-21-7-1-18(2-8-21)25(19-3-9-22(27)10-4-19,20-5-11-23(28)12-6-20)31-15-13-24-17-29-14-16-30-24/h1-12,24,29H,13-17H2. The largest absolute Gasteiger partial charge is 0.375 e. The van der Waals surface area contributed by atoms with E-state index < -0.39 is 5.60 Å². The number of benzene rings is 3. The van der Waals surface area contributed by atoms with Gasteiger partial charge in [0.05, 0.1) is 19.3 Å². The lowest BCUT2D eigenvalue weighted by Gasteiger charge is -2.36. The molecule has 162 valence electrons. The fraction of sp³-hybridized carbons (Fsp3) is 0.280. The van der Waals surface area contributed by atoms with E-state index >= 15 is 0 Å². The first-order valence-electron chi connectivity index (χ1n) is 10.3. The summed E-state index contributed by atoms with van der Waals surface area (Å²) < 4.78 is 12.6. The lowest BCUT2D eigenvalue weighted by Crippen LogP contribution is -2.40. The molecule has 3 aromatic carbocycles. The lowest BCUT2D eigenvalue weighted by molar-refractivity contribution is -0.0313. The summed E-state index contributed by atoms with van der Waals surface area (Å²) in [4.78, 5) is 0. The molecule has 1 unspecified atom stereocenters. The van der Waals surface area contributed by atoms with Crippen LogP contribution in [0.3, 0.4) is 0 Å². The van der Waals surface area contributed by atoms with Gasteiger partial charge in [-0.25, -0.2) is 0 Å². The first kappa shape index (κ1) is 22.6. The van der Waals surface area contributed by atoms with Crippen LogP contribution in [0.5, 0.6) is 0 Å². The van der Waals surface area contributed by atoms with Crippen LogP contribution >= 0.6 is 34.8 Å². The highest BCUT2D eigenvalue weighted by Crippen LogP contribution is 2.41. The van der Waals surface area contributed by atoms with E-state index in [0.29, 0.717) is 21.7 Å². The van der Waals surface area contributed by atoms with Gasteiger partial charge in [-0.05, 0) is 59.5 Å². The first-order chi connectivity index (χ1) is 15.1. The van der Waals surface area contributed by atoms with E-state index in [1.807, 2.05) is 72.8 Å². The maximum atomic E-state index is 6.77. The lowest BCUT2D eigenvalue weighted by atomic mass is 9.80. The van der Waals surface area contributed by atoms with E-state index in [9.17, 15) is 0 Å². The van der Waals surface area contributed by atoms with Crippen molar-refractivity contribution in [2.75, 3.05) is 26.3 Å². The Labute approximate surface area is 198 Å². The summed E-state index contributed by atoms with van der Waals surface area (Å²) in [6.45, 7) is 2.96. The third kappa shape index (κ3) is 5.25. The van der Waals surface area contributed by atoms with Gasteiger partial charge in [-0.1, -0.05) is 71.2 Å². The number of rotatable bonds is 7. The van der Waals surface area contributed by atoms with Crippen molar-refractivity contribution in [2.45, 2.75) is 18.1 Å². The van der Waals surface area contributed by atoms with E-state index in [-0.39, 0.29) is 6.10 Å². The highest BCUT2D eigenvalue weighted by Gasteiger charge is 2.38. The number of hydrogen-bond donors (Lipinski definition) is 1. The highest BCUT2D eigenvalue weighted by molar-refractivity contribution is 6.31. The average Bonchev–Trinajstić information content (AvgIpc) is 2.80. The Morgan fingerprint density at radius 1 is 0.774 bits per heavy atom. The van der Waals surface area contributed by atoms with Gasteiger partial charge in [0.25, 0.3) is 0 Å². The fourth-order valence-electron chi connectivity index (χ4n) is 3.95. The van der Waals surface area contributed by atoms with Gasteiger partial charge in [-0.3, -0.25) is 0 Å². The summed E-state index contributed by atoms with van der Waals surface area (Å²) >= 11 is 18.6. The molecule has 1 heterocycles. The molecule has 1 aliphatic heterocycles. The van der Waals surface area contributed by atoms with E-state index in [2.05, 4.69) is 5.32 Å². The summed E-state index contributed by atoms with van der Waals surface area (Å²) in [6.07, 6.45) is 0.913. The van der Waals surface area contributed by atoms with Crippen LogP contribution in [-0.4, -0.2) is 32.4 Å². The number of nitrogens with one attached hydrogen (secondary N) is 1. The van der Waals surface area contributed by atoms with Crippen molar-refractivity contribution in [2.24, 2.45) is 0 Å². The molecule has 1 fully saturated rings. The second-order valence-corrected chi connectivity index (χ2v) is 8.85. The Morgan fingerprint density at radius 2 is 1.23 bits per heavy atom. The minimum absolute atomic E-state index is 0.132. The zero-order chi connectivity index (χ0) is 21.7. The third-order valence-electron chi connectivity index (χ3n) is 5.52. The normalized spacial score (nSPS) is 16.9. The van der Waals surface area contributed by atoms with Crippen molar-refractivity contribution < 1.29 is 9.47 Å². The summed E-state index contributed by atoms with van der Waals surface area (Å²) in [6, 6.07) is 23.3. The van der Waals surface area contributed by atoms with Crippen LogP contribution in [0.4, 0.5) is 0 Å². The molecule has 0 aromatic heterocycles. The Hall–Kier alpha value is -1.59. The van der Waals surface area contributed by atoms with Gasteiger partial charge >= 0.3 is 0 Å². The summed E-state index contributed by atoms with van der Waals surface area (Å²) in [5.74, 6) is 0. The van der Waals surface area contributed by atoms with E-state index in [1.165, 1.54) is 0 Å². The SMILES string of the molecule is Clc1ccc(C(OCCC2CNCCO2)(c2ccc(Cl)cc2)c2ccc(Cl)cc2)cc1. The number of morpholine rings is 1. The Morgan fingerprint density at radius 3 is 1.61 bits per heavy atom. The fourth-order valence-corrected chi connectivity index (χ4v) is 4.33. The van der Waals surface area contributed by atoms with Gasteiger partial charge in [0.1, 0.15) is 5.60 Å². The van der Waals surface area contributed by atoms with Gasteiger partial charge in [0, 0.05) is 28.2 Å². The molecule has 1 N–H and O–H groups in total. The zero-order valence-corrected chi connectivity index (χ0v) is 19.3. The molecule has 1 aliphatic rings. The second kappa shape index (κ2) is 10.4. The maximum Gasteiger partial charge on any atom is 0.143 e. The Balaban J connectivity index is 1.77. The quantitative estimate of drug-likeness (QED) is 0.404. The molecule has 1 saturated heterocycles. The van der Waals surface area contributed by atoms with Crippen LogP contribution in [0.1, 0.15) is 23.1 Å². The van der Waals surface area contributed by atoms with Gasteiger partial charge in [0.2, 0.25) is 0 Å². The molecule has 3 aromatic rings. The molecule has 1 atom stereocenters. The molecule has 0 spiro atoms. The molecule has 6 heteroatoms. The zero-order valence-electron chi connectivity index (χ0n) is 17.0. The predicted octanol–water partition coefficient (Wildman–Crippen LogP) is 6.33. The van der Waals surface area contributed by atoms with Gasteiger partial charge in [0.15, 0.2) is 0 Å². The van der Waals surface area contributed by atoms with Gasteiger partial charge in [-0.2, -0.15) is 0 Å². The van der Waals surface area contributed by atoms with E-state index in [4.69, 9.17) is 44.3 Å². The third-order valence-corrected chi connectivity index (χ3v) is 6.27. The van der Waals surface area contributed by atoms with Crippen LogP contribution in [0.25, 0.3) is 0 Å². The van der Waals surface area contributed by atoms with E-state index in [0.717, 1.165) is 42.8 Å². The first-order valence-corrected chi connectivity index (χ1v) is 11.5. The molecule has 4 rings (SSSR count). The Bertz CT molecular complexity index is 858. The predicted molar refractivity (Wildman–Crippen MR) is 127 cm³/mol. The van der Waals surface area contributed by atoms with Crippen molar-refractivity contribution >= 4 is 34.8 Å².